The molecule has 0 aliphatic rings. The van der Waals surface area contributed by atoms with Crippen LogP contribution in [0.4, 0.5) is 11.5 Å². The lowest BCUT2D eigenvalue weighted by Gasteiger charge is -2.11. The molecule has 0 saturated carbocycles. The zero-order valence-corrected chi connectivity index (χ0v) is 10.9. The standard InChI is InChI=1S/C12H8Cl2N4/c1-7-3-2-4-9(13)10(7)18-12-8(5-15)11(14)16-6-17-12/h2-4,6H,1H3,(H,16,17,18). The molecule has 0 radical (unpaired) electrons. The normalized spacial score (nSPS) is 9.89. The third kappa shape index (κ3) is 2.37. The van der Waals surface area contributed by atoms with Gasteiger partial charge in [-0.2, -0.15) is 5.26 Å². The lowest BCUT2D eigenvalue weighted by atomic mass is 10.2. The van der Waals surface area contributed by atoms with Gasteiger partial charge in [-0.25, -0.2) is 9.97 Å². The molecule has 0 aliphatic heterocycles. The summed E-state index contributed by atoms with van der Waals surface area (Å²) in [6.07, 6.45) is 1.29. The third-order valence-electron chi connectivity index (χ3n) is 2.38. The third-order valence-corrected chi connectivity index (χ3v) is 2.98. The van der Waals surface area contributed by atoms with Crippen molar-refractivity contribution >= 4 is 34.7 Å². The lowest BCUT2D eigenvalue weighted by molar-refractivity contribution is 1.15. The maximum absolute atomic E-state index is 9.03. The molecule has 2 rings (SSSR count). The van der Waals surface area contributed by atoms with Gasteiger partial charge in [-0.1, -0.05) is 35.3 Å². The van der Waals surface area contributed by atoms with E-state index in [1.165, 1.54) is 6.33 Å². The van der Waals surface area contributed by atoms with Gasteiger partial charge in [0.25, 0.3) is 0 Å². The van der Waals surface area contributed by atoms with Crippen LogP contribution in [0.5, 0.6) is 0 Å². The zero-order valence-electron chi connectivity index (χ0n) is 9.41. The Hall–Kier alpha value is -1.83. The van der Waals surface area contributed by atoms with Crippen molar-refractivity contribution < 1.29 is 0 Å². The summed E-state index contributed by atoms with van der Waals surface area (Å²) in [6, 6.07) is 7.47. The molecular weight excluding hydrogens is 271 g/mol. The first-order valence-electron chi connectivity index (χ1n) is 5.06. The molecule has 6 heteroatoms. The number of rotatable bonds is 2. The summed E-state index contributed by atoms with van der Waals surface area (Å²) in [5, 5.41) is 12.7. The highest BCUT2D eigenvalue weighted by molar-refractivity contribution is 6.33. The van der Waals surface area contributed by atoms with Crippen molar-refractivity contribution in [2.75, 3.05) is 5.32 Å². The molecule has 1 aromatic heterocycles. The van der Waals surface area contributed by atoms with E-state index in [9.17, 15) is 0 Å². The van der Waals surface area contributed by atoms with Crippen LogP contribution in [-0.4, -0.2) is 9.97 Å². The monoisotopic (exact) mass is 278 g/mol. The van der Waals surface area contributed by atoms with E-state index in [0.717, 1.165) is 5.56 Å². The molecule has 1 N–H and O–H groups in total. The van der Waals surface area contributed by atoms with Gasteiger partial charge in [0.05, 0.1) is 10.7 Å². The second-order valence-corrected chi connectivity index (χ2v) is 4.32. The Morgan fingerprint density at radius 3 is 2.72 bits per heavy atom. The summed E-state index contributed by atoms with van der Waals surface area (Å²) < 4.78 is 0. The molecule has 0 bridgehead atoms. The number of hydrogen-bond donors (Lipinski definition) is 1. The first kappa shape index (κ1) is 12.6. The Kier molecular flexibility index (Phi) is 3.66. The fourth-order valence-electron chi connectivity index (χ4n) is 1.47. The highest BCUT2D eigenvalue weighted by atomic mass is 35.5. The second kappa shape index (κ2) is 5.21. The minimum Gasteiger partial charge on any atom is -0.338 e. The molecule has 0 unspecified atom stereocenters. The first-order chi connectivity index (χ1) is 8.63. The number of aromatic nitrogens is 2. The minimum atomic E-state index is 0.111. The molecule has 1 heterocycles. The quantitative estimate of drug-likeness (QED) is 0.851. The molecule has 0 aliphatic carbocycles. The van der Waals surface area contributed by atoms with Gasteiger partial charge in [0.15, 0.2) is 11.0 Å². The maximum atomic E-state index is 9.03. The van der Waals surface area contributed by atoms with E-state index in [2.05, 4.69) is 15.3 Å². The molecule has 0 fully saturated rings. The predicted molar refractivity (Wildman–Crippen MR) is 71.2 cm³/mol. The smallest absolute Gasteiger partial charge is 0.153 e. The minimum absolute atomic E-state index is 0.111. The average molecular weight is 279 g/mol. The van der Waals surface area contributed by atoms with Crippen LogP contribution in [0.3, 0.4) is 0 Å². The molecule has 18 heavy (non-hydrogen) atoms. The van der Waals surface area contributed by atoms with E-state index in [4.69, 9.17) is 28.5 Å². The van der Waals surface area contributed by atoms with Gasteiger partial charge in [-0.15, -0.1) is 0 Å². The van der Waals surface area contributed by atoms with E-state index in [-0.39, 0.29) is 10.7 Å². The second-order valence-electron chi connectivity index (χ2n) is 3.56. The van der Waals surface area contributed by atoms with Crippen LogP contribution in [0.15, 0.2) is 24.5 Å². The number of halogens is 2. The number of nitrogens with zero attached hydrogens (tertiary/aromatic N) is 3. The van der Waals surface area contributed by atoms with Crippen LogP contribution in [0.1, 0.15) is 11.1 Å². The van der Waals surface area contributed by atoms with Crippen molar-refractivity contribution in [1.29, 1.82) is 5.26 Å². The Morgan fingerprint density at radius 2 is 2.06 bits per heavy atom. The Morgan fingerprint density at radius 1 is 1.28 bits per heavy atom. The molecule has 1 aromatic carbocycles. The number of aryl methyl sites for hydroxylation is 1. The molecule has 90 valence electrons. The van der Waals surface area contributed by atoms with Gasteiger partial charge in [0.2, 0.25) is 0 Å². The van der Waals surface area contributed by atoms with Crippen LogP contribution in [0.2, 0.25) is 10.2 Å². The Bertz CT molecular complexity index is 614. The number of nitriles is 1. The van der Waals surface area contributed by atoms with Gasteiger partial charge in [-0.3, -0.25) is 0 Å². The molecule has 4 nitrogen and oxygen atoms in total. The summed E-state index contributed by atoms with van der Waals surface area (Å²) in [6.45, 7) is 1.91. The van der Waals surface area contributed by atoms with Crippen molar-refractivity contribution in [2.24, 2.45) is 0 Å². The Labute approximate surface area is 114 Å². The van der Waals surface area contributed by atoms with Gasteiger partial charge >= 0.3 is 0 Å². The first-order valence-corrected chi connectivity index (χ1v) is 5.82. The van der Waals surface area contributed by atoms with E-state index in [1.54, 1.807) is 6.07 Å². The van der Waals surface area contributed by atoms with Gasteiger partial charge in [0.1, 0.15) is 18.0 Å². The van der Waals surface area contributed by atoms with E-state index < -0.39 is 0 Å². The zero-order chi connectivity index (χ0) is 13.1. The highest BCUT2D eigenvalue weighted by Crippen LogP contribution is 2.30. The van der Waals surface area contributed by atoms with Crippen LogP contribution < -0.4 is 5.32 Å². The topological polar surface area (TPSA) is 61.6 Å². The lowest BCUT2D eigenvalue weighted by Crippen LogP contribution is -2.00. The predicted octanol–water partition coefficient (Wildman–Crippen LogP) is 3.71. The van der Waals surface area contributed by atoms with Gasteiger partial charge < -0.3 is 5.32 Å². The summed E-state index contributed by atoms with van der Waals surface area (Å²) in [4.78, 5) is 7.76. The molecule has 0 atom stereocenters. The summed E-state index contributed by atoms with van der Waals surface area (Å²) in [7, 11) is 0. The van der Waals surface area contributed by atoms with E-state index in [1.807, 2.05) is 25.1 Å². The number of hydrogen-bond acceptors (Lipinski definition) is 4. The van der Waals surface area contributed by atoms with E-state index >= 15 is 0 Å². The largest absolute Gasteiger partial charge is 0.338 e. The van der Waals surface area contributed by atoms with Crippen molar-refractivity contribution in [3.05, 3.63) is 45.8 Å². The van der Waals surface area contributed by atoms with Crippen LogP contribution in [0.25, 0.3) is 0 Å². The fourth-order valence-corrected chi connectivity index (χ4v) is 1.91. The maximum Gasteiger partial charge on any atom is 0.153 e. The van der Waals surface area contributed by atoms with Crippen molar-refractivity contribution in [3.8, 4) is 6.07 Å². The molecule has 0 amide bonds. The molecular formula is C12H8Cl2N4. The van der Waals surface area contributed by atoms with Crippen molar-refractivity contribution in [3.63, 3.8) is 0 Å². The van der Waals surface area contributed by atoms with Crippen LogP contribution >= 0.6 is 23.2 Å². The molecule has 2 aromatic rings. The van der Waals surface area contributed by atoms with Crippen molar-refractivity contribution in [1.82, 2.24) is 9.97 Å². The SMILES string of the molecule is Cc1cccc(Cl)c1Nc1ncnc(Cl)c1C#N. The summed E-state index contributed by atoms with van der Waals surface area (Å²) in [5.74, 6) is 0.341. The van der Waals surface area contributed by atoms with Crippen molar-refractivity contribution in [2.45, 2.75) is 6.92 Å². The highest BCUT2D eigenvalue weighted by Gasteiger charge is 2.12. The average Bonchev–Trinajstić information content (AvgIpc) is 2.34. The number of para-hydroxylation sites is 1. The summed E-state index contributed by atoms with van der Waals surface area (Å²) in [5.41, 5.74) is 1.84. The summed E-state index contributed by atoms with van der Waals surface area (Å²) >= 11 is 11.9. The fraction of sp³-hybridized carbons (Fsp3) is 0.0833. The van der Waals surface area contributed by atoms with E-state index in [0.29, 0.717) is 16.5 Å². The Balaban J connectivity index is 2.48. The van der Waals surface area contributed by atoms with Crippen LogP contribution in [-0.2, 0) is 0 Å². The van der Waals surface area contributed by atoms with Crippen LogP contribution in [0, 0.1) is 18.3 Å². The number of anilines is 2. The van der Waals surface area contributed by atoms with Gasteiger partial charge in [0, 0.05) is 0 Å². The van der Waals surface area contributed by atoms with Gasteiger partial charge in [-0.05, 0) is 18.6 Å². The number of nitrogens with one attached hydrogen (secondary N) is 1. The number of benzene rings is 1. The molecule has 0 saturated heterocycles. The molecule has 0 spiro atoms.